The van der Waals surface area contributed by atoms with Gasteiger partial charge in [-0.2, -0.15) is 0 Å². The standard InChI is InChI=1S/C28H36Cl3N3O4S/c1-19-23(29)11-7-12-26(19)34(39(3,37)38)16-8-13-27(35)33(18-21-14-15-24(30)25(31)17-21)20(2)28(36)32-22-9-5-4-6-10-22/h7,11-12,14-15,17,20,22H,4-6,8-10,13,16,18H2,1-3H3,(H,32,36). The minimum absolute atomic E-state index is 0.0496. The number of halogens is 3. The first kappa shape index (κ1) is 31.5. The fraction of sp³-hybridized carbons (Fsp3) is 0.500. The van der Waals surface area contributed by atoms with Crippen LogP contribution >= 0.6 is 34.8 Å². The van der Waals surface area contributed by atoms with Gasteiger partial charge >= 0.3 is 0 Å². The van der Waals surface area contributed by atoms with E-state index in [-0.39, 0.29) is 43.8 Å². The molecule has 1 fully saturated rings. The zero-order valence-corrected chi connectivity index (χ0v) is 25.6. The smallest absolute Gasteiger partial charge is 0.242 e. The number of hydrogen-bond acceptors (Lipinski definition) is 4. The normalized spacial score (nSPS) is 15.0. The molecule has 3 rings (SSSR count). The van der Waals surface area contributed by atoms with Crippen molar-refractivity contribution in [2.24, 2.45) is 0 Å². The van der Waals surface area contributed by atoms with Crippen LogP contribution in [0.25, 0.3) is 0 Å². The molecule has 2 amide bonds. The molecule has 1 saturated carbocycles. The summed E-state index contributed by atoms with van der Waals surface area (Å²) in [7, 11) is -3.62. The van der Waals surface area contributed by atoms with Gasteiger partial charge in [-0.25, -0.2) is 8.42 Å². The molecule has 2 aromatic carbocycles. The fourth-order valence-corrected chi connectivity index (χ4v) is 6.34. The lowest BCUT2D eigenvalue weighted by Crippen LogP contribution is -2.50. The van der Waals surface area contributed by atoms with Crippen molar-refractivity contribution in [2.45, 2.75) is 77.4 Å². The molecule has 0 spiro atoms. The largest absolute Gasteiger partial charge is 0.352 e. The number of sulfonamides is 1. The van der Waals surface area contributed by atoms with E-state index < -0.39 is 16.1 Å². The number of anilines is 1. The highest BCUT2D eigenvalue weighted by Gasteiger charge is 2.29. The third-order valence-electron chi connectivity index (χ3n) is 7.12. The second-order valence-corrected chi connectivity index (χ2v) is 13.2. The molecule has 214 valence electrons. The van der Waals surface area contributed by atoms with Crippen molar-refractivity contribution in [3.63, 3.8) is 0 Å². The first-order chi connectivity index (χ1) is 18.4. The highest BCUT2D eigenvalue weighted by atomic mass is 35.5. The highest BCUT2D eigenvalue weighted by Crippen LogP contribution is 2.29. The highest BCUT2D eigenvalue weighted by molar-refractivity contribution is 7.92. The molecule has 1 unspecified atom stereocenters. The molecule has 0 bridgehead atoms. The summed E-state index contributed by atoms with van der Waals surface area (Å²) in [5.41, 5.74) is 1.86. The van der Waals surface area contributed by atoms with E-state index in [4.69, 9.17) is 34.8 Å². The summed E-state index contributed by atoms with van der Waals surface area (Å²) >= 11 is 18.5. The molecule has 2 aromatic rings. The predicted molar refractivity (Wildman–Crippen MR) is 159 cm³/mol. The fourth-order valence-electron chi connectivity index (χ4n) is 4.83. The molecule has 0 aliphatic heterocycles. The molecular weight excluding hydrogens is 581 g/mol. The van der Waals surface area contributed by atoms with Gasteiger partial charge in [0.15, 0.2) is 0 Å². The maximum Gasteiger partial charge on any atom is 0.242 e. The van der Waals surface area contributed by atoms with Gasteiger partial charge in [-0.15, -0.1) is 0 Å². The minimum atomic E-state index is -3.62. The quantitative estimate of drug-likeness (QED) is 0.318. The van der Waals surface area contributed by atoms with E-state index in [9.17, 15) is 18.0 Å². The summed E-state index contributed by atoms with van der Waals surface area (Å²) in [6, 6.07) is 9.58. The average Bonchev–Trinajstić information content (AvgIpc) is 2.88. The van der Waals surface area contributed by atoms with Gasteiger partial charge in [0.25, 0.3) is 0 Å². The third-order valence-corrected chi connectivity index (χ3v) is 9.44. The van der Waals surface area contributed by atoms with E-state index in [1.54, 1.807) is 50.2 Å². The van der Waals surface area contributed by atoms with Gasteiger partial charge in [0.2, 0.25) is 21.8 Å². The van der Waals surface area contributed by atoms with Crippen molar-refractivity contribution < 1.29 is 18.0 Å². The molecule has 0 heterocycles. The van der Waals surface area contributed by atoms with Crippen LogP contribution in [-0.2, 0) is 26.2 Å². The lowest BCUT2D eigenvalue weighted by Gasteiger charge is -2.31. The Kier molecular flexibility index (Phi) is 11.4. The number of carbonyl (C=O) groups excluding carboxylic acids is 2. The minimum Gasteiger partial charge on any atom is -0.352 e. The van der Waals surface area contributed by atoms with Crippen LogP contribution in [0.3, 0.4) is 0 Å². The number of rotatable bonds is 11. The first-order valence-corrected chi connectivity index (χ1v) is 16.1. The van der Waals surface area contributed by atoms with E-state index in [1.165, 1.54) is 15.6 Å². The van der Waals surface area contributed by atoms with Crippen molar-refractivity contribution in [3.05, 3.63) is 62.6 Å². The van der Waals surface area contributed by atoms with Crippen LogP contribution in [0.2, 0.25) is 15.1 Å². The number of nitrogens with one attached hydrogen (secondary N) is 1. The molecule has 7 nitrogen and oxygen atoms in total. The van der Waals surface area contributed by atoms with Crippen LogP contribution < -0.4 is 9.62 Å². The molecule has 0 radical (unpaired) electrons. The summed E-state index contributed by atoms with van der Waals surface area (Å²) < 4.78 is 26.5. The van der Waals surface area contributed by atoms with E-state index in [0.717, 1.165) is 37.5 Å². The van der Waals surface area contributed by atoms with Crippen molar-refractivity contribution in [1.29, 1.82) is 0 Å². The van der Waals surface area contributed by atoms with E-state index in [2.05, 4.69) is 5.32 Å². The van der Waals surface area contributed by atoms with E-state index in [1.807, 2.05) is 0 Å². The van der Waals surface area contributed by atoms with Crippen LogP contribution in [0.1, 0.15) is 63.0 Å². The Bertz CT molecular complexity index is 1280. The molecule has 39 heavy (non-hydrogen) atoms. The number of benzene rings is 2. The lowest BCUT2D eigenvalue weighted by molar-refractivity contribution is -0.141. The van der Waals surface area contributed by atoms with Crippen molar-refractivity contribution in [1.82, 2.24) is 10.2 Å². The monoisotopic (exact) mass is 615 g/mol. The van der Waals surface area contributed by atoms with Gasteiger partial charge in [-0.05, 0) is 68.5 Å². The number of nitrogens with zero attached hydrogens (tertiary/aromatic N) is 2. The van der Waals surface area contributed by atoms with Gasteiger partial charge in [-0.1, -0.05) is 66.2 Å². The molecule has 1 aliphatic rings. The van der Waals surface area contributed by atoms with Gasteiger partial charge in [0, 0.05) is 30.6 Å². The van der Waals surface area contributed by atoms with Gasteiger partial charge in [0.1, 0.15) is 6.04 Å². The Balaban J connectivity index is 1.76. The SMILES string of the molecule is Cc1c(Cl)cccc1N(CCCC(=O)N(Cc1ccc(Cl)c(Cl)c1)C(C)C(=O)NC1CCCCC1)S(C)(=O)=O. The predicted octanol–water partition coefficient (Wildman–Crippen LogP) is 6.37. The Morgan fingerprint density at radius 1 is 1.03 bits per heavy atom. The Morgan fingerprint density at radius 2 is 1.72 bits per heavy atom. The zero-order valence-electron chi connectivity index (χ0n) is 22.6. The number of amides is 2. The zero-order chi connectivity index (χ0) is 28.7. The van der Waals surface area contributed by atoms with Crippen LogP contribution in [0.15, 0.2) is 36.4 Å². The third kappa shape index (κ3) is 8.74. The van der Waals surface area contributed by atoms with Crippen molar-refractivity contribution in [2.75, 3.05) is 17.1 Å². The molecule has 1 atom stereocenters. The molecule has 1 N–H and O–H groups in total. The maximum absolute atomic E-state index is 13.5. The van der Waals surface area contributed by atoms with E-state index in [0.29, 0.717) is 26.3 Å². The summed E-state index contributed by atoms with van der Waals surface area (Å²) in [5, 5.41) is 4.33. The molecule has 0 saturated heterocycles. The molecule has 0 aromatic heterocycles. The Hall–Kier alpha value is -2.00. The van der Waals surface area contributed by atoms with Gasteiger partial charge in [-0.3, -0.25) is 13.9 Å². The van der Waals surface area contributed by atoms with Crippen LogP contribution in [-0.4, -0.2) is 50.0 Å². The van der Waals surface area contributed by atoms with Crippen LogP contribution in [0.4, 0.5) is 5.69 Å². The second kappa shape index (κ2) is 14.1. The molecule has 1 aliphatic carbocycles. The van der Waals surface area contributed by atoms with Crippen LogP contribution in [0, 0.1) is 6.92 Å². The Labute approximate surface area is 246 Å². The molecular formula is C28H36Cl3N3O4S. The molecule has 11 heteroatoms. The Morgan fingerprint density at radius 3 is 2.36 bits per heavy atom. The average molecular weight is 617 g/mol. The van der Waals surface area contributed by atoms with Crippen molar-refractivity contribution >= 4 is 62.3 Å². The van der Waals surface area contributed by atoms with Crippen molar-refractivity contribution in [3.8, 4) is 0 Å². The van der Waals surface area contributed by atoms with Gasteiger partial charge < -0.3 is 10.2 Å². The maximum atomic E-state index is 13.5. The lowest BCUT2D eigenvalue weighted by atomic mass is 9.95. The van der Waals surface area contributed by atoms with Gasteiger partial charge in [0.05, 0.1) is 22.0 Å². The first-order valence-electron chi connectivity index (χ1n) is 13.1. The summed E-state index contributed by atoms with van der Waals surface area (Å²) in [6.45, 7) is 3.73. The summed E-state index contributed by atoms with van der Waals surface area (Å²) in [6.07, 6.45) is 6.63. The van der Waals surface area contributed by atoms with E-state index >= 15 is 0 Å². The summed E-state index contributed by atoms with van der Waals surface area (Å²) in [5.74, 6) is -0.466. The number of carbonyl (C=O) groups is 2. The number of hydrogen-bond donors (Lipinski definition) is 1. The van der Waals surface area contributed by atoms with Crippen LogP contribution in [0.5, 0.6) is 0 Å². The summed E-state index contributed by atoms with van der Waals surface area (Å²) in [4.78, 5) is 28.2. The second-order valence-electron chi connectivity index (χ2n) is 10.1. The topological polar surface area (TPSA) is 86.8 Å².